The van der Waals surface area contributed by atoms with E-state index >= 15 is 0 Å². The van der Waals surface area contributed by atoms with Gasteiger partial charge in [0.1, 0.15) is 11.5 Å². The Bertz CT molecular complexity index is 932. The summed E-state index contributed by atoms with van der Waals surface area (Å²) in [5.74, 6) is -0.238. The van der Waals surface area contributed by atoms with Crippen LogP contribution in [0.2, 0.25) is 10.0 Å². The van der Waals surface area contributed by atoms with Crippen molar-refractivity contribution in [3.05, 3.63) is 56.5 Å². The minimum atomic E-state index is -0.899. The molecule has 162 valence electrons. The van der Waals surface area contributed by atoms with Crippen molar-refractivity contribution in [3.63, 3.8) is 0 Å². The number of halogens is 3. The van der Waals surface area contributed by atoms with E-state index in [9.17, 15) is 9.59 Å². The quantitative estimate of drug-likeness (QED) is 0.526. The zero-order chi connectivity index (χ0) is 22.5. The Morgan fingerprint density at radius 2 is 1.73 bits per heavy atom. The minimum absolute atomic E-state index is 0.00227. The summed E-state index contributed by atoms with van der Waals surface area (Å²) in [7, 11) is 0. The maximum Gasteiger partial charge on any atom is 0.279 e. The molecule has 0 aliphatic heterocycles. The van der Waals surface area contributed by atoms with Crippen LogP contribution in [0.3, 0.4) is 0 Å². The Labute approximate surface area is 194 Å². The van der Waals surface area contributed by atoms with Crippen LogP contribution in [-0.2, 0) is 15.0 Å². The summed E-state index contributed by atoms with van der Waals surface area (Å²) < 4.78 is 11.7. The number of hydrogen-bond acceptors (Lipinski definition) is 4. The summed E-state index contributed by atoms with van der Waals surface area (Å²) in [6.07, 6.45) is -0.899. The molecule has 0 unspecified atom stereocenters. The number of benzene rings is 2. The molecule has 0 fully saturated rings. The van der Waals surface area contributed by atoms with E-state index in [0.717, 1.165) is 10.0 Å². The molecule has 0 bridgehead atoms. The van der Waals surface area contributed by atoms with Crippen LogP contribution in [0.25, 0.3) is 0 Å². The molecule has 0 aliphatic rings. The fourth-order valence-corrected chi connectivity index (χ4v) is 3.26. The fourth-order valence-electron chi connectivity index (χ4n) is 2.31. The lowest BCUT2D eigenvalue weighted by atomic mass is 9.87. The number of carbonyl (C=O) groups excluding carboxylic acids is 2. The highest BCUT2D eigenvalue weighted by molar-refractivity contribution is 9.10. The first-order chi connectivity index (χ1) is 14.0. The van der Waals surface area contributed by atoms with Gasteiger partial charge in [-0.1, -0.05) is 50.0 Å². The van der Waals surface area contributed by atoms with Gasteiger partial charge in [0.2, 0.25) is 0 Å². The maximum atomic E-state index is 12.1. The molecule has 0 saturated heterocycles. The van der Waals surface area contributed by atoms with Gasteiger partial charge in [0.05, 0.1) is 9.50 Å². The second kappa shape index (κ2) is 10.4. The number of amides is 2. The highest BCUT2D eigenvalue weighted by Crippen LogP contribution is 2.31. The van der Waals surface area contributed by atoms with E-state index in [0.29, 0.717) is 16.5 Å². The second-order valence-electron chi connectivity index (χ2n) is 7.56. The molecule has 2 rings (SSSR count). The predicted octanol–water partition coefficient (Wildman–Crippen LogP) is 5.05. The van der Waals surface area contributed by atoms with Crippen LogP contribution in [0, 0.1) is 0 Å². The normalized spacial score (nSPS) is 12.1. The third-order valence-electron chi connectivity index (χ3n) is 4.05. The lowest BCUT2D eigenvalue weighted by Crippen LogP contribution is -2.48. The summed E-state index contributed by atoms with van der Waals surface area (Å²) in [6.45, 7) is 7.58. The average molecular weight is 518 g/mol. The summed E-state index contributed by atoms with van der Waals surface area (Å²) in [6, 6.07) is 10.4. The molecule has 2 N–H and O–H groups in total. The minimum Gasteiger partial charge on any atom is -0.483 e. The van der Waals surface area contributed by atoms with Crippen molar-refractivity contribution in [2.45, 2.75) is 39.2 Å². The molecule has 2 aromatic carbocycles. The molecule has 0 aromatic heterocycles. The van der Waals surface area contributed by atoms with Crippen LogP contribution in [0.15, 0.2) is 40.9 Å². The van der Waals surface area contributed by atoms with Crippen molar-refractivity contribution < 1.29 is 19.1 Å². The molecule has 0 heterocycles. The third kappa shape index (κ3) is 7.07. The van der Waals surface area contributed by atoms with E-state index in [4.69, 9.17) is 32.7 Å². The molecular weight excluding hydrogens is 495 g/mol. The highest BCUT2D eigenvalue weighted by Gasteiger charge is 2.18. The molecule has 0 radical (unpaired) electrons. The van der Waals surface area contributed by atoms with Crippen molar-refractivity contribution in [2.75, 3.05) is 6.61 Å². The van der Waals surface area contributed by atoms with Crippen LogP contribution in [0.5, 0.6) is 11.5 Å². The van der Waals surface area contributed by atoms with Gasteiger partial charge in [0.15, 0.2) is 12.7 Å². The molecule has 0 spiro atoms. The smallest absolute Gasteiger partial charge is 0.279 e. The van der Waals surface area contributed by atoms with Crippen molar-refractivity contribution in [3.8, 4) is 11.5 Å². The average Bonchev–Trinajstić information content (AvgIpc) is 2.66. The first-order valence-electron chi connectivity index (χ1n) is 9.10. The first-order valence-corrected chi connectivity index (χ1v) is 10.7. The number of nitrogens with one attached hydrogen (secondary N) is 2. The van der Waals surface area contributed by atoms with E-state index < -0.39 is 17.9 Å². The number of hydrazine groups is 1. The number of carbonyl (C=O) groups is 2. The van der Waals surface area contributed by atoms with E-state index in [-0.39, 0.29) is 17.0 Å². The van der Waals surface area contributed by atoms with Crippen LogP contribution in [0.1, 0.15) is 33.3 Å². The van der Waals surface area contributed by atoms with Gasteiger partial charge in [-0.2, -0.15) is 0 Å². The van der Waals surface area contributed by atoms with Crippen molar-refractivity contribution in [1.82, 2.24) is 10.9 Å². The lowest BCUT2D eigenvalue weighted by molar-refractivity contribution is -0.133. The van der Waals surface area contributed by atoms with Gasteiger partial charge in [0.25, 0.3) is 11.8 Å². The van der Waals surface area contributed by atoms with Crippen LogP contribution in [-0.4, -0.2) is 24.5 Å². The van der Waals surface area contributed by atoms with Gasteiger partial charge in [-0.3, -0.25) is 20.4 Å². The number of rotatable bonds is 6. The predicted molar refractivity (Wildman–Crippen MR) is 121 cm³/mol. The zero-order valence-corrected chi connectivity index (χ0v) is 20.1. The highest BCUT2D eigenvalue weighted by atomic mass is 79.9. The molecule has 0 aliphatic carbocycles. The van der Waals surface area contributed by atoms with Crippen molar-refractivity contribution in [2.24, 2.45) is 0 Å². The van der Waals surface area contributed by atoms with Gasteiger partial charge >= 0.3 is 0 Å². The molecule has 30 heavy (non-hydrogen) atoms. The standard InChI is InChI=1S/C21H23BrCl2N2O4/c1-12(30-18-8-6-14(23)10-16(18)24)20(28)26-25-19(27)11-29-17-7-5-13(9-15(17)22)21(2,3)4/h5-10,12H,11H2,1-4H3,(H,25,27)(H,26,28)/t12-/m1/s1. The van der Waals surface area contributed by atoms with Crippen molar-refractivity contribution in [1.29, 1.82) is 0 Å². The molecule has 0 saturated carbocycles. The summed E-state index contributed by atoms with van der Waals surface area (Å²) in [4.78, 5) is 24.1. The van der Waals surface area contributed by atoms with E-state index in [1.165, 1.54) is 13.0 Å². The monoisotopic (exact) mass is 516 g/mol. The van der Waals surface area contributed by atoms with Gasteiger partial charge < -0.3 is 9.47 Å². The molecular formula is C21H23BrCl2N2O4. The topological polar surface area (TPSA) is 76.7 Å². The fraction of sp³-hybridized carbons (Fsp3) is 0.333. The number of hydrogen-bond donors (Lipinski definition) is 2. The van der Waals surface area contributed by atoms with E-state index in [1.54, 1.807) is 18.2 Å². The third-order valence-corrected chi connectivity index (χ3v) is 5.20. The Hall–Kier alpha value is -1.96. The van der Waals surface area contributed by atoms with Gasteiger partial charge in [-0.25, -0.2) is 0 Å². The Kier molecular flexibility index (Phi) is 8.41. The van der Waals surface area contributed by atoms with Crippen LogP contribution < -0.4 is 20.3 Å². The molecule has 9 heteroatoms. The van der Waals surface area contributed by atoms with Gasteiger partial charge in [0, 0.05) is 5.02 Å². The molecule has 6 nitrogen and oxygen atoms in total. The second-order valence-corrected chi connectivity index (χ2v) is 9.25. The Morgan fingerprint density at radius 3 is 2.33 bits per heavy atom. The summed E-state index contributed by atoms with van der Waals surface area (Å²) in [5, 5.41) is 0.735. The summed E-state index contributed by atoms with van der Waals surface area (Å²) in [5.41, 5.74) is 5.70. The molecule has 2 aromatic rings. The number of ether oxygens (including phenoxy) is 2. The summed E-state index contributed by atoms with van der Waals surface area (Å²) >= 11 is 15.3. The SMILES string of the molecule is C[C@@H](Oc1ccc(Cl)cc1Cl)C(=O)NNC(=O)COc1ccc(C(C)(C)C)cc1Br. The molecule has 2 amide bonds. The Balaban J connectivity index is 1.82. The zero-order valence-electron chi connectivity index (χ0n) is 17.0. The maximum absolute atomic E-state index is 12.1. The van der Waals surface area contributed by atoms with Crippen LogP contribution in [0.4, 0.5) is 0 Å². The van der Waals surface area contributed by atoms with Gasteiger partial charge in [-0.05, 0) is 64.2 Å². The van der Waals surface area contributed by atoms with Crippen molar-refractivity contribution >= 4 is 50.9 Å². The molecule has 1 atom stereocenters. The van der Waals surface area contributed by atoms with Gasteiger partial charge in [-0.15, -0.1) is 0 Å². The lowest BCUT2D eigenvalue weighted by Gasteiger charge is -2.20. The largest absolute Gasteiger partial charge is 0.483 e. The van der Waals surface area contributed by atoms with E-state index in [2.05, 4.69) is 47.6 Å². The first kappa shape index (κ1) is 24.3. The van der Waals surface area contributed by atoms with E-state index in [1.807, 2.05) is 12.1 Å². The Morgan fingerprint density at radius 1 is 1.07 bits per heavy atom. The van der Waals surface area contributed by atoms with Crippen LogP contribution >= 0.6 is 39.1 Å².